The lowest BCUT2D eigenvalue weighted by Crippen LogP contribution is -2.07. The smallest absolute Gasteiger partial charge is 0.342 e. The highest BCUT2D eigenvalue weighted by atomic mass is 79.9. The Morgan fingerprint density at radius 1 is 0.960 bits per heavy atom. The van der Waals surface area contributed by atoms with E-state index in [4.69, 9.17) is 4.74 Å². The molecule has 128 valence electrons. The first-order valence-corrected chi connectivity index (χ1v) is 8.37. The summed E-state index contributed by atoms with van der Waals surface area (Å²) in [7, 11) is 0. The molecule has 0 unspecified atom stereocenters. The lowest BCUT2D eigenvalue weighted by atomic mass is 9.92. The van der Waals surface area contributed by atoms with E-state index in [9.17, 15) is 20.1 Å². The second-order valence-electron chi connectivity index (χ2n) is 5.40. The summed E-state index contributed by atoms with van der Waals surface area (Å²) in [4.78, 5) is 12.3. The predicted molar refractivity (Wildman–Crippen MR) is 98.0 cm³/mol. The summed E-state index contributed by atoms with van der Waals surface area (Å²) in [5, 5.41) is 32.4. The maximum Gasteiger partial charge on any atom is 0.342 e. The molecule has 0 bridgehead atoms. The van der Waals surface area contributed by atoms with Crippen molar-refractivity contribution in [2.45, 2.75) is 6.92 Å². The van der Waals surface area contributed by atoms with Crippen molar-refractivity contribution < 1.29 is 24.9 Å². The molecule has 0 spiro atoms. The SMILES string of the molecule is CCOC(=O)c1c(O)ccc(O)c1-c1c(O)ccc2cc(Br)ccc12. The van der Waals surface area contributed by atoms with Gasteiger partial charge in [0, 0.05) is 15.6 Å². The summed E-state index contributed by atoms with van der Waals surface area (Å²) in [5.41, 5.74) is 0.0953. The molecule has 0 saturated carbocycles. The average Bonchev–Trinajstić information content (AvgIpc) is 2.57. The predicted octanol–water partition coefficient (Wildman–Crippen LogP) is 4.56. The lowest BCUT2D eigenvalue weighted by molar-refractivity contribution is 0.0523. The monoisotopic (exact) mass is 402 g/mol. The Morgan fingerprint density at radius 3 is 2.32 bits per heavy atom. The minimum absolute atomic E-state index is 0.0314. The molecule has 25 heavy (non-hydrogen) atoms. The highest BCUT2D eigenvalue weighted by Gasteiger charge is 2.25. The van der Waals surface area contributed by atoms with Crippen LogP contribution in [-0.2, 0) is 4.74 Å². The quantitative estimate of drug-likeness (QED) is 0.441. The van der Waals surface area contributed by atoms with Crippen molar-refractivity contribution in [2.75, 3.05) is 6.61 Å². The number of esters is 1. The molecular weight excluding hydrogens is 388 g/mol. The summed E-state index contributed by atoms with van der Waals surface area (Å²) < 4.78 is 5.85. The van der Waals surface area contributed by atoms with E-state index in [-0.39, 0.29) is 40.5 Å². The molecule has 3 N–H and O–H groups in total. The Bertz CT molecular complexity index is 981. The third kappa shape index (κ3) is 3.00. The van der Waals surface area contributed by atoms with Gasteiger partial charge in [-0.1, -0.05) is 28.1 Å². The van der Waals surface area contributed by atoms with E-state index >= 15 is 0 Å². The normalized spacial score (nSPS) is 10.8. The number of fused-ring (bicyclic) bond motifs is 1. The van der Waals surface area contributed by atoms with E-state index in [0.717, 1.165) is 9.86 Å². The first kappa shape index (κ1) is 17.1. The van der Waals surface area contributed by atoms with E-state index in [2.05, 4.69) is 15.9 Å². The zero-order chi connectivity index (χ0) is 18.1. The molecular formula is C19H15BrO5. The molecule has 5 nitrogen and oxygen atoms in total. The molecule has 0 atom stereocenters. The van der Waals surface area contributed by atoms with Crippen LogP contribution in [0.15, 0.2) is 46.9 Å². The zero-order valence-electron chi connectivity index (χ0n) is 13.3. The topological polar surface area (TPSA) is 87.0 Å². The van der Waals surface area contributed by atoms with Crippen LogP contribution in [0, 0.1) is 0 Å². The van der Waals surface area contributed by atoms with E-state index < -0.39 is 5.97 Å². The summed E-state index contributed by atoms with van der Waals surface area (Å²) in [5.74, 6) is -1.48. The number of rotatable bonds is 3. The molecule has 3 aromatic rings. The number of halogens is 1. The van der Waals surface area contributed by atoms with E-state index in [1.807, 2.05) is 6.07 Å². The molecule has 0 aliphatic rings. The van der Waals surface area contributed by atoms with Crippen molar-refractivity contribution in [3.05, 3.63) is 52.5 Å². The third-order valence-electron chi connectivity index (χ3n) is 3.85. The fourth-order valence-corrected chi connectivity index (χ4v) is 3.17. The van der Waals surface area contributed by atoms with Gasteiger partial charge in [-0.2, -0.15) is 0 Å². The van der Waals surface area contributed by atoms with Crippen molar-refractivity contribution in [1.82, 2.24) is 0 Å². The van der Waals surface area contributed by atoms with Crippen molar-refractivity contribution in [3.63, 3.8) is 0 Å². The molecule has 0 fully saturated rings. The van der Waals surface area contributed by atoms with Crippen molar-refractivity contribution >= 4 is 32.7 Å². The van der Waals surface area contributed by atoms with Crippen molar-refractivity contribution in [2.24, 2.45) is 0 Å². The zero-order valence-corrected chi connectivity index (χ0v) is 14.9. The van der Waals surface area contributed by atoms with Gasteiger partial charge in [-0.05, 0) is 48.0 Å². The summed E-state index contributed by atoms with van der Waals surface area (Å²) >= 11 is 3.39. The van der Waals surface area contributed by atoms with Gasteiger partial charge in [0.15, 0.2) is 0 Å². The molecule has 3 rings (SSSR count). The van der Waals surface area contributed by atoms with E-state index in [1.54, 1.807) is 25.1 Å². The molecule has 0 heterocycles. The maximum atomic E-state index is 12.3. The van der Waals surface area contributed by atoms with E-state index in [0.29, 0.717) is 5.39 Å². The highest BCUT2D eigenvalue weighted by molar-refractivity contribution is 9.10. The Labute approximate surface area is 152 Å². The average molecular weight is 403 g/mol. The van der Waals surface area contributed by atoms with Gasteiger partial charge in [-0.3, -0.25) is 0 Å². The van der Waals surface area contributed by atoms with Gasteiger partial charge < -0.3 is 20.1 Å². The van der Waals surface area contributed by atoms with Crippen LogP contribution in [0.5, 0.6) is 17.2 Å². The van der Waals surface area contributed by atoms with Gasteiger partial charge in [0.25, 0.3) is 0 Å². The number of hydrogen-bond acceptors (Lipinski definition) is 5. The van der Waals surface area contributed by atoms with Crippen molar-refractivity contribution in [1.29, 1.82) is 0 Å². The van der Waals surface area contributed by atoms with Gasteiger partial charge in [-0.25, -0.2) is 4.79 Å². The molecule has 6 heteroatoms. The second-order valence-corrected chi connectivity index (χ2v) is 6.32. The van der Waals surface area contributed by atoms with Crippen LogP contribution in [0.1, 0.15) is 17.3 Å². The first-order chi connectivity index (χ1) is 11.9. The Morgan fingerprint density at radius 2 is 1.60 bits per heavy atom. The van der Waals surface area contributed by atoms with Crippen LogP contribution in [0.3, 0.4) is 0 Å². The Hall–Kier alpha value is -2.73. The van der Waals surface area contributed by atoms with Crippen LogP contribution in [0.2, 0.25) is 0 Å². The Kier molecular flexibility index (Phi) is 4.55. The van der Waals surface area contributed by atoms with Crippen LogP contribution in [0.4, 0.5) is 0 Å². The molecule has 0 saturated heterocycles. The Balaban J connectivity index is 2.41. The number of hydrogen-bond donors (Lipinski definition) is 3. The number of phenolic OH excluding ortho intramolecular Hbond substituents is 3. The standard InChI is InChI=1S/C19H15BrO5/c1-2-25-19(24)18-15(23)8-7-14(22)17(18)16-12-5-4-11(20)9-10(12)3-6-13(16)21/h3-9,21-23H,2H2,1H3. The third-order valence-corrected chi connectivity index (χ3v) is 4.34. The molecule has 0 aliphatic carbocycles. The van der Waals surface area contributed by atoms with Gasteiger partial charge in [0.1, 0.15) is 22.8 Å². The summed E-state index contributed by atoms with van der Waals surface area (Å²) in [6.45, 7) is 1.76. The van der Waals surface area contributed by atoms with Crippen LogP contribution >= 0.6 is 15.9 Å². The molecule has 0 radical (unpaired) electrons. The van der Waals surface area contributed by atoms with Crippen LogP contribution in [0.25, 0.3) is 21.9 Å². The fraction of sp³-hybridized carbons (Fsp3) is 0.105. The minimum Gasteiger partial charge on any atom is -0.507 e. The van der Waals surface area contributed by atoms with Gasteiger partial charge in [0.05, 0.1) is 6.61 Å². The van der Waals surface area contributed by atoms with Crippen molar-refractivity contribution in [3.8, 4) is 28.4 Å². The number of phenols is 3. The number of aromatic hydroxyl groups is 3. The molecule has 0 aromatic heterocycles. The van der Waals surface area contributed by atoms with Crippen LogP contribution in [-0.4, -0.2) is 27.9 Å². The number of carbonyl (C=O) groups is 1. The van der Waals surface area contributed by atoms with Gasteiger partial charge in [-0.15, -0.1) is 0 Å². The maximum absolute atomic E-state index is 12.3. The fourth-order valence-electron chi connectivity index (χ4n) is 2.80. The molecule has 0 aliphatic heterocycles. The first-order valence-electron chi connectivity index (χ1n) is 7.57. The number of carbonyl (C=O) groups excluding carboxylic acids is 1. The van der Waals surface area contributed by atoms with Gasteiger partial charge in [0.2, 0.25) is 0 Å². The lowest BCUT2D eigenvalue weighted by Gasteiger charge is -2.16. The highest BCUT2D eigenvalue weighted by Crippen LogP contribution is 2.45. The summed E-state index contributed by atoms with van der Waals surface area (Å²) in [6, 6.07) is 11.1. The molecule has 0 amide bonds. The summed E-state index contributed by atoms with van der Waals surface area (Å²) in [6.07, 6.45) is 0. The largest absolute Gasteiger partial charge is 0.507 e. The van der Waals surface area contributed by atoms with E-state index in [1.165, 1.54) is 18.2 Å². The van der Waals surface area contributed by atoms with Crippen LogP contribution < -0.4 is 0 Å². The number of ether oxygens (including phenoxy) is 1. The second kappa shape index (κ2) is 6.64. The number of benzene rings is 3. The molecule has 3 aromatic carbocycles. The van der Waals surface area contributed by atoms with Gasteiger partial charge >= 0.3 is 5.97 Å². The minimum atomic E-state index is -0.778.